The van der Waals surface area contributed by atoms with Crippen molar-refractivity contribution in [2.75, 3.05) is 42.8 Å². The zero-order chi connectivity index (χ0) is 21.0. The molecule has 2 heterocycles. The van der Waals surface area contributed by atoms with E-state index in [1.165, 1.54) is 4.90 Å². The first-order valence-corrected chi connectivity index (χ1v) is 9.60. The van der Waals surface area contributed by atoms with Gasteiger partial charge in [0.25, 0.3) is 5.92 Å². The smallest absolute Gasteiger partial charge is 0.320 e. The van der Waals surface area contributed by atoms with Crippen LogP contribution in [0.1, 0.15) is 18.9 Å². The minimum absolute atomic E-state index is 0.0376. The lowest BCUT2D eigenvalue weighted by Gasteiger charge is -2.22. The molecule has 0 amide bonds. The van der Waals surface area contributed by atoms with E-state index in [1.54, 1.807) is 20.1 Å². The van der Waals surface area contributed by atoms with Gasteiger partial charge in [-0.05, 0) is 18.6 Å². The normalized spacial score (nSPS) is 16.7. The molecule has 1 aliphatic rings. The maximum absolute atomic E-state index is 13.7. The Bertz CT molecular complexity index is 855. The average Bonchev–Trinajstić information content (AvgIpc) is 3.03. The molecular formula is C19H24ClF2N5O2. The van der Waals surface area contributed by atoms with Gasteiger partial charge in [0, 0.05) is 31.6 Å². The fourth-order valence-corrected chi connectivity index (χ4v) is 3.25. The minimum atomic E-state index is -2.78. The number of hydrogen-bond donors (Lipinski definition) is 2. The Morgan fingerprint density at radius 1 is 1.34 bits per heavy atom. The molecule has 1 saturated heterocycles. The van der Waals surface area contributed by atoms with Gasteiger partial charge in [0.1, 0.15) is 11.8 Å². The number of nitrogens with one attached hydrogen (secondary N) is 1. The number of nitrogens with zero attached hydrogens (tertiary/aromatic N) is 3. The first kappa shape index (κ1) is 21.3. The zero-order valence-electron chi connectivity index (χ0n) is 16.3. The van der Waals surface area contributed by atoms with Crippen molar-refractivity contribution in [2.45, 2.75) is 31.9 Å². The standard InChI is InChI=1S/C19H24ClF2N5O2/c1-12(10-28-2)29-18-25-16(24-9-13-5-3-4-6-14(13)20)15(23)17(26-18)27-8-7-19(21,22)11-27/h3-6,12H,7-11,23H2,1-2H3,(H,24,25,26). The molecule has 1 aliphatic heterocycles. The Morgan fingerprint density at radius 3 is 2.76 bits per heavy atom. The molecule has 3 rings (SSSR count). The monoisotopic (exact) mass is 427 g/mol. The number of nitrogen functional groups attached to an aromatic ring is 1. The second-order valence-corrected chi connectivity index (χ2v) is 7.36. The topological polar surface area (TPSA) is 85.5 Å². The summed E-state index contributed by atoms with van der Waals surface area (Å²) in [5, 5.41) is 3.71. The van der Waals surface area contributed by atoms with Gasteiger partial charge in [-0.2, -0.15) is 9.97 Å². The summed E-state index contributed by atoms with van der Waals surface area (Å²) < 4.78 is 38.2. The van der Waals surface area contributed by atoms with Gasteiger partial charge in [-0.1, -0.05) is 29.8 Å². The van der Waals surface area contributed by atoms with Crippen LogP contribution in [-0.2, 0) is 11.3 Å². The van der Waals surface area contributed by atoms with E-state index < -0.39 is 12.5 Å². The molecule has 0 spiro atoms. The van der Waals surface area contributed by atoms with Crippen molar-refractivity contribution in [1.82, 2.24) is 9.97 Å². The maximum atomic E-state index is 13.7. The summed E-state index contributed by atoms with van der Waals surface area (Å²) in [6.07, 6.45) is -0.581. The number of nitrogens with two attached hydrogens (primary N) is 1. The van der Waals surface area contributed by atoms with Gasteiger partial charge in [0.2, 0.25) is 0 Å². The average molecular weight is 428 g/mol. The fourth-order valence-electron chi connectivity index (χ4n) is 3.05. The van der Waals surface area contributed by atoms with Crippen LogP contribution in [0.2, 0.25) is 5.02 Å². The summed E-state index contributed by atoms with van der Waals surface area (Å²) in [4.78, 5) is 10.1. The molecule has 29 heavy (non-hydrogen) atoms. The molecule has 7 nitrogen and oxygen atoms in total. The summed E-state index contributed by atoms with van der Waals surface area (Å²) in [6, 6.07) is 7.38. The highest BCUT2D eigenvalue weighted by Crippen LogP contribution is 2.36. The molecule has 1 aromatic heterocycles. The van der Waals surface area contributed by atoms with E-state index >= 15 is 0 Å². The lowest BCUT2D eigenvalue weighted by Crippen LogP contribution is -2.27. The zero-order valence-corrected chi connectivity index (χ0v) is 17.0. The van der Waals surface area contributed by atoms with E-state index in [0.717, 1.165) is 5.56 Å². The number of hydrogen-bond acceptors (Lipinski definition) is 7. The largest absolute Gasteiger partial charge is 0.458 e. The van der Waals surface area contributed by atoms with E-state index in [1.807, 2.05) is 18.2 Å². The second-order valence-electron chi connectivity index (χ2n) is 6.95. The molecule has 10 heteroatoms. The molecule has 0 saturated carbocycles. The number of halogens is 3. The van der Waals surface area contributed by atoms with Gasteiger partial charge < -0.3 is 25.4 Å². The third-order valence-corrected chi connectivity index (χ3v) is 4.86. The molecule has 1 fully saturated rings. The van der Waals surface area contributed by atoms with E-state index in [-0.39, 0.29) is 36.6 Å². The third kappa shape index (κ3) is 5.36. The van der Waals surface area contributed by atoms with Gasteiger partial charge in [-0.25, -0.2) is 8.78 Å². The van der Waals surface area contributed by atoms with Crippen molar-refractivity contribution in [3.63, 3.8) is 0 Å². The van der Waals surface area contributed by atoms with E-state index in [0.29, 0.717) is 24.0 Å². The van der Waals surface area contributed by atoms with Crippen molar-refractivity contribution >= 4 is 28.9 Å². The fraction of sp³-hybridized carbons (Fsp3) is 0.474. The quantitative estimate of drug-likeness (QED) is 0.665. The van der Waals surface area contributed by atoms with Crippen molar-refractivity contribution in [2.24, 2.45) is 0 Å². The molecule has 0 aliphatic carbocycles. The minimum Gasteiger partial charge on any atom is -0.458 e. The van der Waals surface area contributed by atoms with Crippen LogP contribution in [0.3, 0.4) is 0 Å². The van der Waals surface area contributed by atoms with Gasteiger partial charge in [0.15, 0.2) is 11.6 Å². The van der Waals surface area contributed by atoms with Crippen LogP contribution in [0.15, 0.2) is 24.3 Å². The van der Waals surface area contributed by atoms with Gasteiger partial charge >= 0.3 is 6.01 Å². The molecule has 1 aromatic carbocycles. The first-order valence-electron chi connectivity index (χ1n) is 9.22. The Hall–Kier alpha value is -2.39. The highest BCUT2D eigenvalue weighted by molar-refractivity contribution is 6.31. The number of alkyl halides is 2. The van der Waals surface area contributed by atoms with Crippen LogP contribution < -0.4 is 20.7 Å². The molecule has 1 atom stereocenters. The number of aromatic nitrogens is 2. The van der Waals surface area contributed by atoms with Crippen molar-refractivity contribution in [1.29, 1.82) is 0 Å². The second kappa shape index (κ2) is 8.96. The summed E-state index contributed by atoms with van der Waals surface area (Å²) in [5.41, 5.74) is 7.25. The summed E-state index contributed by atoms with van der Waals surface area (Å²) in [5.74, 6) is -2.27. The Labute approximate surface area is 173 Å². The van der Waals surface area contributed by atoms with Crippen LogP contribution in [-0.4, -0.2) is 48.8 Å². The van der Waals surface area contributed by atoms with Crippen molar-refractivity contribution in [3.8, 4) is 6.01 Å². The maximum Gasteiger partial charge on any atom is 0.320 e. The van der Waals surface area contributed by atoms with Crippen LogP contribution in [0, 0.1) is 0 Å². The summed E-state index contributed by atoms with van der Waals surface area (Å²) in [6.45, 7) is 2.16. The van der Waals surface area contributed by atoms with Gasteiger partial charge in [-0.3, -0.25) is 0 Å². The molecule has 2 aromatic rings. The Kier molecular flexibility index (Phi) is 6.59. The summed E-state index contributed by atoms with van der Waals surface area (Å²) in [7, 11) is 1.55. The number of benzene rings is 1. The third-order valence-electron chi connectivity index (χ3n) is 4.49. The van der Waals surface area contributed by atoms with E-state index in [4.69, 9.17) is 26.8 Å². The SMILES string of the molecule is COCC(C)Oc1nc(NCc2ccccc2Cl)c(N)c(N2CCC(F)(F)C2)n1. The lowest BCUT2D eigenvalue weighted by molar-refractivity contribution is 0.0256. The number of ether oxygens (including phenoxy) is 2. The molecule has 158 valence electrons. The first-order chi connectivity index (χ1) is 13.8. The van der Waals surface area contributed by atoms with Gasteiger partial charge in [-0.15, -0.1) is 0 Å². The molecular weight excluding hydrogens is 404 g/mol. The molecule has 3 N–H and O–H groups in total. The van der Waals surface area contributed by atoms with Crippen molar-refractivity contribution < 1.29 is 18.3 Å². The van der Waals surface area contributed by atoms with E-state index in [9.17, 15) is 8.78 Å². The van der Waals surface area contributed by atoms with Crippen molar-refractivity contribution in [3.05, 3.63) is 34.9 Å². The van der Waals surface area contributed by atoms with Crippen LogP contribution in [0.25, 0.3) is 0 Å². The van der Waals surface area contributed by atoms with Crippen LogP contribution in [0.5, 0.6) is 6.01 Å². The predicted molar refractivity (Wildman–Crippen MR) is 109 cm³/mol. The van der Waals surface area contributed by atoms with Crippen LogP contribution >= 0.6 is 11.6 Å². The Morgan fingerprint density at radius 2 is 2.10 bits per heavy atom. The summed E-state index contributed by atoms with van der Waals surface area (Å²) >= 11 is 6.20. The molecule has 0 radical (unpaired) electrons. The predicted octanol–water partition coefficient (Wildman–Crippen LogP) is 3.58. The van der Waals surface area contributed by atoms with Crippen LogP contribution in [0.4, 0.5) is 26.1 Å². The molecule has 0 bridgehead atoms. The lowest BCUT2D eigenvalue weighted by atomic mass is 10.2. The highest BCUT2D eigenvalue weighted by Gasteiger charge is 2.40. The van der Waals surface area contributed by atoms with Gasteiger partial charge in [0.05, 0.1) is 13.2 Å². The number of methoxy groups -OCH3 is 1. The number of anilines is 3. The highest BCUT2D eigenvalue weighted by atomic mass is 35.5. The molecule has 1 unspecified atom stereocenters. The Balaban J connectivity index is 1.88. The number of rotatable bonds is 8. The van der Waals surface area contributed by atoms with E-state index in [2.05, 4.69) is 15.3 Å².